The van der Waals surface area contributed by atoms with Crippen LogP contribution >= 0.6 is 0 Å². The molecule has 1 aliphatic heterocycles. The number of ether oxygens (including phenoxy) is 3. The van der Waals surface area contributed by atoms with Crippen molar-refractivity contribution in [2.24, 2.45) is 0 Å². The molecule has 0 aliphatic carbocycles. The summed E-state index contributed by atoms with van der Waals surface area (Å²) in [5, 5.41) is 46.3. The lowest BCUT2D eigenvalue weighted by molar-refractivity contribution is -0.278. The molecular weight excluding hydrogens is 380 g/mol. The molecule has 160 valence electrons. The van der Waals surface area contributed by atoms with Crippen molar-refractivity contribution in [3.63, 3.8) is 0 Å². The van der Waals surface area contributed by atoms with Crippen molar-refractivity contribution in [3.8, 4) is 11.6 Å². The van der Waals surface area contributed by atoms with Gasteiger partial charge in [0.15, 0.2) is 0 Å². The van der Waals surface area contributed by atoms with Crippen LogP contribution in [0.25, 0.3) is 0 Å². The van der Waals surface area contributed by atoms with Crippen LogP contribution in [0.15, 0.2) is 24.3 Å². The van der Waals surface area contributed by atoms with Gasteiger partial charge in [-0.3, -0.25) is 5.10 Å². The average Bonchev–Trinajstić information content (AvgIpc) is 3.07. The number of aromatic amines is 1. The summed E-state index contributed by atoms with van der Waals surface area (Å²) in [6.45, 7) is 4.04. The van der Waals surface area contributed by atoms with Gasteiger partial charge in [0, 0.05) is 17.7 Å². The second-order valence-corrected chi connectivity index (χ2v) is 7.12. The van der Waals surface area contributed by atoms with E-state index < -0.39 is 37.3 Å². The van der Waals surface area contributed by atoms with Gasteiger partial charge in [0.1, 0.15) is 30.2 Å². The Bertz CT molecular complexity index is 778. The summed E-state index contributed by atoms with van der Waals surface area (Å²) in [6.07, 6.45) is -5.31. The molecule has 1 aromatic heterocycles. The number of aliphatic hydroxyl groups excluding tert-OH is 4. The largest absolute Gasteiger partial charge is 0.494 e. The molecular formula is C20H28N2O7. The number of rotatable bonds is 8. The van der Waals surface area contributed by atoms with Gasteiger partial charge in [-0.2, -0.15) is 0 Å². The number of aliphatic hydroxyl groups is 4. The fourth-order valence-corrected chi connectivity index (χ4v) is 3.14. The predicted octanol–water partition coefficient (Wildman–Crippen LogP) is 0.276. The van der Waals surface area contributed by atoms with E-state index in [4.69, 9.17) is 14.2 Å². The van der Waals surface area contributed by atoms with E-state index in [1.165, 1.54) is 0 Å². The van der Waals surface area contributed by atoms with E-state index in [1.54, 1.807) is 0 Å². The van der Waals surface area contributed by atoms with Crippen molar-refractivity contribution < 1.29 is 34.6 Å². The smallest absolute Gasteiger partial charge is 0.238 e. The minimum absolute atomic E-state index is 0.220. The number of H-pyrrole nitrogens is 1. The van der Waals surface area contributed by atoms with Crippen LogP contribution in [0.3, 0.4) is 0 Å². The molecule has 0 saturated carbocycles. The van der Waals surface area contributed by atoms with E-state index in [2.05, 4.69) is 10.2 Å². The molecule has 1 aromatic carbocycles. The second kappa shape index (κ2) is 9.55. The van der Waals surface area contributed by atoms with Gasteiger partial charge in [-0.15, -0.1) is 5.10 Å². The molecule has 2 aromatic rings. The molecule has 0 bridgehead atoms. The summed E-state index contributed by atoms with van der Waals surface area (Å²) in [5.74, 6) is 1.02. The quantitative estimate of drug-likeness (QED) is 0.420. The van der Waals surface area contributed by atoms with Gasteiger partial charge in [0.2, 0.25) is 12.2 Å². The molecule has 1 aliphatic rings. The van der Waals surface area contributed by atoms with Crippen LogP contribution in [0.1, 0.15) is 30.2 Å². The lowest BCUT2D eigenvalue weighted by atomic mass is 9.99. The molecule has 29 heavy (non-hydrogen) atoms. The Morgan fingerprint density at radius 2 is 1.83 bits per heavy atom. The molecule has 9 heteroatoms. The molecule has 0 amide bonds. The van der Waals surface area contributed by atoms with E-state index >= 15 is 0 Å². The van der Waals surface area contributed by atoms with Crippen molar-refractivity contribution in [2.75, 3.05) is 13.2 Å². The molecule has 5 N–H and O–H groups in total. The van der Waals surface area contributed by atoms with Crippen LogP contribution in [0.2, 0.25) is 0 Å². The Balaban J connectivity index is 1.72. The van der Waals surface area contributed by atoms with Crippen molar-refractivity contribution in [1.82, 2.24) is 10.2 Å². The van der Waals surface area contributed by atoms with Gasteiger partial charge in [0.25, 0.3) is 0 Å². The Hall–Kier alpha value is -2.17. The second-order valence-electron chi connectivity index (χ2n) is 7.12. The molecule has 2 heterocycles. The van der Waals surface area contributed by atoms with E-state index in [1.807, 2.05) is 38.1 Å². The highest BCUT2D eigenvalue weighted by Crippen LogP contribution is 2.28. The fourth-order valence-electron chi connectivity index (χ4n) is 3.14. The Morgan fingerprint density at radius 1 is 1.10 bits per heavy atom. The first-order valence-corrected chi connectivity index (χ1v) is 9.67. The molecule has 1 unspecified atom stereocenters. The topological polar surface area (TPSA) is 137 Å². The Kier molecular flexibility index (Phi) is 7.09. The van der Waals surface area contributed by atoms with Crippen LogP contribution in [-0.4, -0.2) is 74.5 Å². The third-order valence-electron chi connectivity index (χ3n) is 4.89. The maximum atomic E-state index is 10.2. The van der Waals surface area contributed by atoms with Crippen LogP contribution in [0.4, 0.5) is 0 Å². The first kappa shape index (κ1) is 21.5. The summed E-state index contributed by atoms with van der Waals surface area (Å²) in [7, 11) is 0. The van der Waals surface area contributed by atoms with Crippen molar-refractivity contribution in [3.05, 3.63) is 41.1 Å². The SMILES string of the molecule is CCCOc1ccc(Cc2c(OC3O[C@H](CO)[C@@H](O)[C@H](O)[C@H]3O)n[nH]c2C)cc1. The maximum Gasteiger partial charge on any atom is 0.238 e. The monoisotopic (exact) mass is 408 g/mol. The number of aryl methyl sites for hydroxylation is 1. The molecule has 1 fully saturated rings. The zero-order chi connectivity index (χ0) is 21.0. The van der Waals surface area contributed by atoms with Crippen molar-refractivity contribution in [1.29, 1.82) is 0 Å². The number of hydrogen-bond donors (Lipinski definition) is 5. The first-order valence-electron chi connectivity index (χ1n) is 9.67. The van der Waals surface area contributed by atoms with E-state index in [0.29, 0.717) is 13.0 Å². The van der Waals surface area contributed by atoms with Crippen molar-refractivity contribution in [2.45, 2.75) is 57.4 Å². The summed E-state index contributed by atoms with van der Waals surface area (Å²) in [5.41, 5.74) is 2.57. The minimum Gasteiger partial charge on any atom is -0.494 e. The van der Waals surface area contributed by atoms with Gasteiger partial charge in [-0.25, -0.2) is 0 Å². The Morgan fingerprint density at radius 3 is 2.48 bits per heavy atom. The summed E-state index contributed by atoms with van der Waals surface area (Å²) < 4.78 is 16.7. The van der Waals surface area contributed by atoms with Gasteiger partial charge >= 0.3 is 0 Å². The van der Waals surface area contributed by atoms with Gasteiger partial charge < -0.3 is 34.6 Å². The highest BCUT2D eigenvalue weighted by Gasteiger charge is 2.45. The fraction of sp³-hybridized carbons (Fsp3) is 0.550. The molecule has 5 atom stereocenters. The van der Waals surface area contributed by atoms with Gasteiger partial charge in [-0.05, 0) is 31.0 Å². The Labute approximate surface area is 168 Å². The highest BCUT2D eigenvalue weighted by molar-refractivity contribution is 5.37. The summed E-state index contributed by atoms with van der Waals surface area (Å²) in [6, 6.07) is 7.71. The van der Waals surface area contributed by atoms with E-state index in [9.17, 15) is 20.4 Å². The third-order valence-corrected chi connectivity index (χ3v) is 4.89. The van der Waals surface area contributed by atoms with Gasteiger partial charge in [-0.1, -0.05) is 19.1 Å². The number of nitrogens with zero attached hydrogens (tertiary/aromatic N) is 1. The average molecular weight is 408 g/mol. The maximum absolute atomic E-state index is 10.2. The van der Waals surface area contributed by atoms with Crippen LogP contribution in [0.5, 0.6) is 11.6 Å². The summed E-state index contributed by atoms with van der Waals surface area (Å²) in [4.78, 5) is 0. The molecule has 0 radical (unpaired) electrons. The lowest BCUT2D eigenvalue weighted by Gasteiger charge is -2.39. The lowest BCUT2D eigenvalue weighted by Crippen LogP contribution is -2.60. The van der Waals surface area contributed by atoms with Gasteiger partial charge in [0.05, 0.1) is 13.2 Å². The van der Waals surface area contributed by atoms with Crippen molar-refractivity contribution >= 4 is 0 Å². The van der Waals surface area contributed by atoms with E-state index in [-0.39, 0.29) is 5.88 Å². The molecule has 9 nitrogen and oxygen atoms in total. The molecule has 3 rings (SSSR count). The molecule has 0 spiro atoms. The van der Waals surface area contributed by atoms with E-state index in [0.717, 1.165) is 29.0 Å². The van der Waals surface area contributed by atoms with Crippen LogP contribution in [-0.2, 0) is 11.2 Å². The highest BCUT2D eigenvalue weighted by atomic mass is 16.7. The van der Waals surface area contributed by atoms with Crippen LogP contribution in [0, 0.1) is 6.92 Å². The third kappa shape index (κ3) is 4.88. The zero-order valence-electron chi connectivity index (χ0n) is 16.5. The number of aromatic nitrogens is 2. The summed E-state index contributed by atoms with van der Waals surface area (Å²) >= 11 is 0. The normalized spacial score (nSPS) is 27.0. The standard InChI is InChI=1S/C20H28N2O7/c1-3-8-27-13-6-4-12(5-7-13)9-14-11(2)21-22-19(14)29-20-18(26)17(25)16(24)15(10-23)28-20/h4-7,15-18,20,23-26H,3,8-10H2,1-2H3,(H,21,22)/t15-,16-,17+,18-,20?/m1/s1. The number of benzene rings is 1. The number of hydrogen-bond acceptors (Lipinski definition) is 8. The first-order chi connectivity index (χ1) is 13.9. The number of nitrogens with one attached hydrogen (secondary N) is 1. The predicted molar refractivity (Wildman–Crippen MR) is 103 cm³/mol. The van der Waals surface area contributed by atoms with Crippen LogP contribution < -0.4 is 9.47 Å². The minimum atomic E-state index is -1.51. The zero-order valence-corrected chi connectivity index (χ0v) is 16.5. The molecule has 1 saturated heterocycles.